The van der Waals surface area contributed by atoms with E-state index >= 15 is 0 Å². The van der Waals surface area contributed by atoms with Crippen LogP contribution in [0.2, 0.25) is 0 Å². The topological polar surface area (TPSA) is 49.9 Å². The second-order valence-electron chi connectivity index (χ2n) is 5.87. The molecule has 0 saturated heterocycles. The predicted octanol–water partition coefficient (Wildman–Crippen LogP) is 5.79. The molecule has 0 fully saturated rings. The number of nitrogens with two attached hydrogens (primary N) is 1. The van der Waals surface area contributed by atoms with Crippen LogP contribution in [0.15, 0.2) is 0 Å². The zero-order chi connectivity index (χ0) is 14.2. The van der Waals surface area contributed by atoms with Crippen LogP contribution in [0, 0.1) is 5.41 Å². The zero-order valence-corrected chi connectivity index (χ0v) is 13.2. The quantitative estimate of drug-likeness (QED) is 0.220. The summed E-state index contributed by atoms with van der Waals surface area (Å²) < 4.78 is 0. The van der Waals surface area contributed by atoms with Crippen molar-refractivity contribution in [2.45, 2.75) is 103 Å². The maximum Gasteiger partial charge on any atom is 0.0905 e. The Labute approximate surface area is 121 Å². The van der Waals surface area contributed by atoms with E-state index in [1.165, 1.54) is 83.5 Å². The number of nitrogens with one attached hydrogen (secondary N) is 1. The molecule has 0 aliphatic heterocycles. The Hall–Kier alpha value is -0.530. The number of unbranched alkanes of at least 4 members (excludes halogenated alkanes) is 13. The molecule has 0 bridgehead atoms. The normalized spacial score (nSPS) is 10.8. The molecule has 3 N–H and O–H groups in total. The van der Waals surface area contributed by atoms with Crippen LogP contribution in [-0.4, -0.2) is 5.84 Å². The van der Waals surface area contributed by atoms with Gasteiger partial charge in [0, 0.05) is 6.42 Å². The lowest BCUT2D eigenvalue weighted by Crippen LogP contribution is -2.08. The van der Waals surface area contributed by atoms with E-state index in [-0.39, 0.29) is 0 Å². The molecule has 0 aromatic rings. The fraction of sp³-hybridized carbons (Fsp3) is 0.941. The van der Waals surface area contributed by atoms with Crippen LogP contribution >= 0.6 is 0 Å². The van der Waals surface area contributed by atoms with Gasteiger partial charge < -0.3 is 5.73 Å². The van der Waals surface area contributed by atoms with Gasteiger partial charge >= 0.3 is 0 Å². The van der Waals surface area contributed by atoms with Crippen LogP contribution in [0.5, 0.6) is 0 Å². The summed E-state index contributed by atoms with van der Waals surface area (Å²) in [4.78, 5) is 0. The zero-order valence-electron chi connectivity index (χ0n) is 13.2. The summed E-state index contributed by atoms with van der Waals surface area (Å²) in [6.45, 7) is 2.28. The smallest absolute Gasteiger partial charge is 0.0905 e. The molecule has 2 heteroatoms. The SMILES string of the molecule is CCCCCCCCCCCCCCCCC(=N)N. The Balaban J connectivity index is 2.93. The van der Waals surface area contributed by atoms with Crippen LogP contribution in [0.25, 0.3) is 0 Å². The maximum absolute atomic E-state index is 7.14. The minimum absolute atomic E-state index is 0.346. The van der Waals surface area contributed by atoms with E-state index in [1.54, 1.807) is 0 Å². The third-order valence-electron chi connectivity index (χ3n) is 3.80. The largest absolute Gasteiger partial charge is 0.388 e. The Morgan fingerprint density at radius 1 is 0.632 bits per heavy atom. The van der Waals surface area contributed by atoms with Crippen molar-refractivity contribution in [3.63, 3.8) is 0 Å². The van der Waals surface area contributed by atoms with E-state index in [0.717, 1.165) is 12.8 Å². The van der Waals surface area contributed by atoms with Crippen molar-refractivity contribution in [1.82, 2.24) is 0 Å². The highest BCUT2D eigenvalue weighted by Gasteiger charge is 1.94. The maximum atomic E-state index is 7.14. The molecule has 2 nitrogen and oxygen atoms in total. The van der Waals surface area contributed by atoms with E-state index < -0.39 is 0 Å². The third kappa shape index (κ3) is 17.5. The van der Waals surface area contributed by atoms with E-state index in [4.69, 9.17) is 11.1 Å². The Morgan fingerprint density at radius 2 is 0.947 bits per heavy atom. The predicted molar refractivity (Wildman–Crippen MR) is 86.8 cm³/mol. The number of hydrogen-bond donors (Lipinski definition) is 2. The summed E-state index contributed by atoms with van der Waals surface area (Å²) >= 11 is 0. The molecule has 19 heavy (non-hydrogen) atoms. The van der Waals surface area contributed by atoms with Crippen LogP contribution in [0.1, 0.15) is 103 Å². The van der Waals surface area contributed by atoms with Crippen molar-refractivity contribution >= 4 is 5.84 Å². The molecular weight excluding hydrogens is 232 g/mol. The molecule has 0 aliphatic carbocycles. The molecule has 0 aliphatic rings. The first-order valence-corrected chi connectivity index (χ1v) is 8.60. The standard InChI is InChI=1S/C17H36N2/c1-2-3-4-5-6-7-8-9-10-11-12-13-14-15-16-17(18)19/h2-16H2,1H3,(H3,18,19). The molecule has 0 aromatic carbocycles. The van der Waals surface area contributed by atoms with Gasteiger partial charge in [-0.3, -0.25) is 5.41 Å². The minimum atomic E-state index is 0.346. The number of hydrogen-bond acceptors (Lipinski definition) is 1. The van der Waals surface area contributed by atoms with Crippen molar-refractivity contribution in [2.75, 3.05) is 0 Å². The fourth-order valence-electron chi connectivity index (χ4n) is 2.51. The van der Waals surface area contributed by atoms with E-state index in [0.29, 0.717) is 5.84 Å². The first kappa shape index (κ1) is 18.5. The number of rotatable bonds is 15. The minimum Gasteiger partial charge on any atom is -0.388 e. The van der Waals surface area contributed by atoms with Gasteiger partial charge in [-0.2, -0.15) is 0 Å². The lowest BCUT2D eigenvalue weighted by Gasteiger charge is -2.03. The van der Waals surface area contributed by atoms with Gasteiger partial charge in [0.1, 0.15) is 0 Å². The molecule has 0 atom stereocenters. The average molecular weight is 268 g/mol. The lowest BCUT2D eigenvalue weighted by molar-refractivity contribution is 0.536. The summed E-state index contributed by atoms with van der Waals surface area (Å²) in [5.74, 6) is 0.346. The second-order valence-corrected chi connectivity index (χ2v) is 5.87. The van der Waals surface area contributed by atoms with Gasteiger partial charge in [-0.25, -0.2) is 0 Å². The van der Waals surface area contributed by atoms with Gasteiger partial charge in [-0.1, -0.05) is 90.4 Å². The van der Waals surface area contributed by atoms with Gasteiger partial charge in [0.05, 0.1) is 5.84 Å². The van der Waals surface area contributed by atoms with Crippen molar-refractivity contribution < 1.29 is 0 Å². The van der Waals surface area contributed by atoms with Gasteiger partial charge in [0.25, 0.3) is 0 Å². The van der Waals surface area contributed by atoms with Crippen LogP contribution in [-0.2, 0) is 0 Å². The van der Waals surface area contributed by atoms with Crippen molar-refractivity contribution in [2.24, 2.45) is 5.73 Å². The van der Waals surface area contributed by atoms with E-state index in [1.807, 2.05) is 0 Å². The van der Waals surface area contributed by atoms with Gasteiger partial charge in [-0.15, -0.1) is 0 Å². The monoisotopic (exact) mass is 268 g/mol. The summed E-state index contributed by atoms with van der Waals surface area (Å²) in [5.41, 5.74) is 5.32. The summed E-state index contributed by atoms with van der Waals surface area (Å²) in [6, 6.07) is 0. The highest BCUT2D eigenvalue weighted by molar-refractivity contribution is 5.76. The molecule has 114 valence electrons. The van der Waals surface area contributed by atoms with E-state index in [9.17, 15) is 0 Å². The van der Waals surface area contributed by atoms with Crippen molar-refractivity contribution in [1.29, 1.82) is 5.41 Å². The molecule has 0 radical (unpaired) electrons. The molecule has 0 spiro atoms. The molecule has 0 rings (SSSR count). The Kier molecular flexibility index (Phi) is 15.1. The van der Waals surface area contributed by atoms with Crippen molar-refractivity contribution in [3.8, 4) is 0 Å². The van der Waals surface area contributed by atoms with Crippen LogP contribution in [0.4, 0.5) is 0 Å². The third-order valence-corrected chi connectivity index (χ3v) is 3.80. The Bertz CT molecular complexity index is 190. The average Bonchev–Trinajstić information content (AvgIpc) is 2.39. The molecular formula is C17H36N2. The van der Waals surface area contributed by atoms with Gasteiger partial charge in [-0.05, 0) is 6.42 Å². The molecule has 0 saturated carbocycles. The summed E-state index contributed by atoms with van der Waals surface area (Å²) in [6.07, 6.45) is 20.1. The summed E-state index contributed by atoms with van der Waals surface area (Å²) in [7, 11) is 0. The highest BCUT2D eigenvalue weighted by atomic mass is 14.7. The molecule has 0 unspecified atom stereocenters. The lowest BCUT2D eigenvalue weighted by atomic mass is 10.0. The Morgan fingerprint density at radius 3 is 1.26 bits per heavy atom. The first-order chi connectivity index (χ1) is 9.27. The van der Waals surface area contributed by atoms with Gasteiger partial charge in [0.2, 0.25) is 0 Å². The first-order valence-electron chi connectivity index (χ1n) is 8.60. The molecule has 0 aromatic heterocycles. The van der Waals surface area contributed by atoms with Crippen molar-refractivity contribution in [3.05, 3.63) is 0 Å². The van der Waals surface area contributed by atoms with Gasteiger partial charge in [0.15, 0.2) is 0 Å². The summed E-state index contributed by atoms with van der Waals surface area (Å²) in [5, 5.41) is 7.14. The fourth-order valence-corrected chi connectivity index (χ4v) is 2.51. The van der Waals surface area contributed by atoms with Crippen LogP contribution in [0.3, 0.4) is 0 Å². The number of amidine groups is 1. The molecule has 0 heterocycles. The highest BCUT2D eigenvalue weighted by Crippen LogP contribution is 2.13. The molecule has 0 amide bonds. The van der Waals surface area contributed by atoms with Crippen LogP contribution < -0.4 is 5.73 Å². The second kappa shape index (κ2) is 15.5. The van der Waals surface area contributed by atoms with E-state index in [2.05, 4.69) is 6.92 Å².